The molecule has 2 aromatic rings. The van der Waals surface area contributed by atoms with Gasteiger partial charge in [-0.15, -0.1) is 11.3 Å². The van der Waals surface area contributed by atoms with Crippen molar-refractivity contribution in [2.75, 3.05) is 18.9 Å². The number of nitrogens with one attached hydrogen (secondary N) is 3. The van der Waals surface area contributed by atoms with Gasteiger partial charge in [-0.25, -0.2) is 9.97 Å². The van der Waals surface area contributed by atoms with Gasteiger partial charge in [-0.3, -0.25) is 9.79 Å². The standard InChI is InChI=1S/C16H22N6OS/c1-11-4-5-13(19-8-11)22-14(23)6-7-18-16(17-3)21-10-15-20-9-12(2)24-15/h4-5,8-9H,6-7,10H2,1-3H3,(H2,17,18,21)(H,19,22,23). The molecular weight excluding hydrogens is 324 g/mol. The second-order valence-corrected chi connectivity index (χ2v) is 6.56. The highest BCUT2D eigenvalue weighted by Gasteiger charge is 2.05. The Hall–Kier alpha value is -2.48. The van der Waals surface area contributed by atoms with Crippen LogP contribution in [0, 0.1) is 13.8 Å². The number of thiazole rings is 1. The van der Waals surface area contributed by atoms with Crippen LogP contribution in [-0.2, 0) is 11.3 Å². The highest BCUT2D eigenvalue weighted by atomic mass is 32.1. The smallest absolute Gasteiger partial charge is 0.227 e. The highest BCUT2D eigenvalue weighted by molar-refractivity contribution is 7.11. The molecule has 8 heteroatoms. The Morgan fingerprint density at radius 1 is 1.21 bits per heavy atom. The fourth-order valence-electron chi connectivity index (χ4n) is 1.90. The molecule has 0 saturated heterocycles. The Morgan fingerprint density at radius 2 is 2.04 bits per heavy atom. The summed E-state index contributed by atoms with van der Waals surface area (Å²) >= 11 is 1.64. The fourth-order valence-corrected chi connectivity index (χ4v) is 2.63. The van der Waals surface area contributed by atoms with E-state index in [1.807, 2.05) is 26.1 Å². The third-order valence-corrected chi connectivity index (χ3v) is 4.04. The number of aliphatic imine (C=N–C) groups is 1. The van der Waals surface area contributed by atoms with Crippen LogP contribution in [-0.4, -0.2) is 35.4 Å². The van der Waals surface area contributed by atoms with Gasteiger partial charge in [0.1, 0.15) is 10.8 Å². The lowest BCUT2D eigenvalue weighted by molar-refractivity contribution is -0.116. The maximum atomic E-state index is 11.9. The quantitative estimate of drug-likeness (QED) is 0.548. The van der Waals surface area contributed by atoms with Crippen molar-refractivity contribution in [3.8, 4) is 0 Å². The highest BCUT2D eigenvalue weighted by Crippen LogP contribution is 2.10. The molecule has 0 saturated carbocycles. The van der Waals surface area contributed by atoms with E-state index in [1.54, 1.807) is 30.6 Å². The van der Waals surface area contributed by atoms with E-state index in [9.17, 15) is 4.79 Å². The molecule has 3 N–H and O–H groups in total. The number of carbonyl (C=O) groups excluding carboxylic acids is 1. The van der Waals surface area contributed by atoms with Gasteiger partial charge in [0.05, 0.1) is 6.54 Å². The molecule has 0 aliphatic heterocycles. The van der Waals surface area contributed by atoms with Gasteiger partial charge in [0.2, 0.25) is 5.91 Å². The number of rotatable bonds is 6. The summed E-state index contributed by atoms with van der Waals surface area (Å²) in [4.78, 5) is 25.6. The normalized spacial score (nSPS) is 11.2. The number of nitrogens with zero attached hydrogens (tertiary/aromatic N) is 3. The lowest BCUT2D eigenvalue weighted by Gasteiger charge is -2.10. The molecule has 0 bridgehead atoms. The Labute approximate surface area is 145 Å². The summed E-state index contributed by atoms with van der Waals surface area (Å²) in [5.41, 5.74) is 1.06. The second-order valence-electron chi connectivity index (χ2n) is 5.24. The molecule has 0 aromatic carbocycles. The third kappa shape index (κ3) is 5.96. The zero-order valence-corrected chi connectivity index (χ0v) is 14.9. The van der Waals surface area contributed by atoms with E-state index in [0.717, 1.165) is 10.6 Å². The summed E-state index contributed by atoms with van der Waals surface area (Å²) in [5, 5.41) is 10.0. The molecule has 0 fully saturated rings. The van der Waals surface area contributed by atoms with E-state index in [-0.39, 0.29) is 5.91 Å². The Balaban J connectivity index is 1.69. The van der Waals surface area contributed by atoms with Crippen molar-refractivity contribution in [3.63, 3.8) is 0 Å². The minimum absolute atomic E-state index is 0.0927. The first-order valence-electron chi connectivity index (χ1n) is 7.65. The van der Waals surface area contributed by atoms with Crippen LogP contribution >= 0.6 is 11.3 Å². The molecule has 2 rings (SSSR count). The maximum absolute atomic E-state index is 11.9. The Bertz CT molecular complexity index is 695. The number of hydrogen-bond acceptors (Lipinski definition) is 5. The van der Waals surface area contributed by atoms with Gasteiger partial charge in [-0.05, 0) is 25.5 Å². The lowest BCUT2D eigenvalue weighted by atomic mass is 10.3. The van der Waals surface area contributed by atoms with E-state index in [0.29, 0.717) is 31.3 Å². The van der Waals surface area contributed by atoms with Crippen molar-refractivity contribution in [1.29, 1.82) is 0 Å². The maximum Gasteiger partial charge on any atom is 0.227 e. The topological polar surface area (TPSA) is 91.3 Å². The summed E-state index contributed by atoms with van der Waals surface area (Å²) in [6.07, 6.45) is 3.90. The van der Waals surface area contributed by atoms with E-state index in [2.05, 4.69) is 30.9 Å². The largest absolute Gasteiger partial charge is 0.356 e. The van der Waals surface area contributed by atoms with Crippen molar-refractivity contribution >= 4 is 29.0 Å². The van der Waals surface area contributed by atoms with Gasteiger partial charge < -0.3 is 16.0 Å². The van der Waals surface area contributed by atoms with Crippen LogP contribution in [0.1, 0.15) is 21.9 Å². The van der Waals surface area contributed by atoms with Gasteiger partial charge in [0.25, 0.3) is 0 Å². The summed E-state index contributed by atoms with van der Waals surface area (Å²) in [6, 6.07) is 3.70. The molecule has 24 heavy (non-hydrogen) atoms. The predicted molar refractivity (Wildman–Crippen MR) is 97.3 cm³/mol. The van der Waals surface area contributed by atoms with Gasteiger partial charge in [0.15, 0.2) is 5.96 Å². The molecule has 2 aromatic heterocycles. The number of amides is 1. The monoisotopic (exact) mass is 346 g/mol. The van der Waals surface area contributed by atoms with E-state index < -0.39 is 0 Å². The third-order valence-electron chi connectivity index (χ3n) is 3.12. The molecule has 1 amide bonds. The molecule has 0 atom stereocenters. The number of aromatic nitrogens is 2. The Kier molecular flexibility index (Phi) is 6.68. The molecule has 0 spiro atoms. The second kappa shape index (κ2) is 8.97. The zero-order chi connectivity index (χ0) is 17.4. The Morgan fingerprint density at radius 3 is 2.67 bits per heavy atom. The summed E-state index contributed by atoms with van der Waals surface area (Å²) < 4.78 is 0. The van der Waals surface area contributed by atoms with E-state index >= 15 is 0 Å². The number of aryl methyl sites for hydroxylation is 2. The number of pyridine rings is 1. The van der Waals surface area contributed by atoms with Gasteiger partial charge in [-0.2, -0.15) is 0 Å². The van der Waals surface area contributed by atoms with Crippen molar-refractivity contribution in [2.45, 2.75) is 26.8 Å². The van der Waals surface area contributed by atoms with Crippen LogP contribution in [0.15, 0.2) is 29.5 Å². The molecule has 7 nitrogen and oxygen atoms in total. The first-order valence-corrected chi connectivity index (χ1v) is 8.47. The van der Waals surface area contributed by atoms with Gasteiger partial charge in [-0.1, -0.05) is 6.07 Å². The van der Waals surface area contributed by atoms with Crippen LogP contribution < -0.4 is 16.0 Å². The van der Waals surface area contributed by atoms with E-state index in [1.165, 1.54) is 4.88 Å². The van der Waals surface area contributed by atoms with Crippen LogP contribution in [0.2, 0.25) is 0 Å². The molecule has 0 aliphatic carbocycles. The van der Waals surface area contributed by atoms with Crippen LogP contribution in [0.3, 0.4) is 0 Å². The summed E-state index contributed by atoms with van der Waals surface area (Å²) in [5.74, 6) is 1.11. The zero-order valence-electron chi connectivity index (χ0n) is 14.1. The number of carbonyl (C=O) groups is 1. The fraction of sp³-hybridized carbons (Fsp3) is 0.375. The lowest BCUT2D eigenvalue weighted by Crippen LogP contribution is -2.38. The summed E-state index contributed by atoms with van der Waals surface area (Å²) in [7, 11) is 1.69. The molecule has 128 valence electrons. The number of hydrogen-bond donors (Lipinski definition) is 3. The van der Waals surface area contributed by atoms with Gasteiger partial charge in [0, 0.05) is 37.3 Å². The first kappa shape index (κ1) is 17.9. The van der Waals surface area contributed by atoms with Crippen LogP contribution in [0.25, 0.3) is 0 Å². The van der Waals surface area contributed by atoms with Crippen molar-refractivity contribution in [1.82, 2.24) is 20.6 Å². The average Bonchev–Trinajstić information content (AvgIpc) is 2.98. The molecule has 0 aliphatic rings. The van der Waals surface area contributed by atoms with Gasteiger partial charge >= 0.3 is 0 Å². The SMILES string of the molecule is CN=C(NCCC(=O)Nc1ccc(C)cn1)NCc1ncc(C)s1. The van der Waals surface area contributed by atoms with Crippen LogP contribution in [0.4, 0.5) is 5.82 Å². The molecule has 0 radical (unpaired) electrons. The number of guanidine groups is 1. The molecular formula is C16H22N6OS. The van der Waals surface area contributed by atoms with E-state index in [4.69, 9.17) is 0 Å². The predicted octanol–water partition coefficient (Wildman–Crippen LogP) is 1.85. The molecule has 2 heterocycles. The first-order chi connectivity index (χ1) is 11.6. The minimum Gasteiger partial charge on any atom is -0.356 e. The molecule has 0 unspecified atom stereocenters. The van der Waals surface area contributed by atoms with Crippen LogP contribution in [0.5, 0.6) is 0 Å². The summed E-state index contributed by atoms with van der Waals surface area (Å²) in [6.45, 7) is 5.07. The minimum atomic E-state index is -0.0927. The average molecular weight is 346 g/mol. The number of anilines is 1. The van der Waals surface area contributed by atoms with Crippen molar-refractivity contribution in [2.24, 2.45) is 4.99 Å². The van der Waals surface area contributed by atoms with Crippen molar-refractivity contribution < 1.29 is 4.79 Å². The van der Waals surface area contributed by atoms with Crippen molar-refractivity contribution in [3.05, 3.63) is 40.0 Å².